The van der Waals surface area contributed by atoms with Crippen LogP contribution < -0.4 is 11.1 Å². The van der Waals surface area contributed by atoms with Crippen LogP contribution in [0.4, 0.5) is 11.5 Å². The van der Waals surface area contributed by atoms with Crippen molar-refractivity contribution in [1.82, 2.24) is 9.97 Å². The number of nitrogens with two attached hydrogens (primary N) is 1. The van der Waals surface area contributed by atoms with Gasteiger partial charge in [-0.05, 0) is 34.1 Å². The molecule has 86 valence electrons. The van der Waals surface area contributed by atoms with Crippen LogP contribution in [0.3, 0.4) is 0 Å². The number of amides is 1. The molecule has 0 aliphatic heterocycles. The van der Waals surface area contributed by atoms with E-state index in [1.54, 1.807) is 24.4 Å². The summed E-state index contributed by atoms with van der Waals surface area (Å²) < 4.78 is 0.844. The predicted molar refractivity (Wildman–Crippen MR) is 68.5 cm³/mol. The number of nitrogen functional groups attached to an aromatic ring is 1. The molecule has 0 aliphatic rings. The van der Waals surface area contributed by atoms with E-state index in [9.17, 15) is 4.79 Å². The molecular weight excluding hydrogens is 284 g/mol. The third-order valence-corrected chi connectivity index (χ3v) is 2.54. The maximum Gasteiger partial charge on any atom is 0.260 e. The molecule has 0 bridgehead atoms. The summed E-state index contributed by atoms with van der Waals surface area (Å²) in [5.41, 5.74) is 6.39. The van der Waals surface area contributed by atoms with Gasteiger partial charge >= 0.3 is 0 Å². The summed E-state index contributed by atoms with van der Waals surface area (Å²) >= 11 is 3.26. The first kappa shape index (κ1) is 11.5. The molecular formula is C11H9BrN4O. The van der Waals surface area contributed by atoms with Crippen molar-refractivity contribution in [2.45, 2.75) is 0 Å². The molecule has 17 heavy (non-hydrogen) atoms. The third kappa shape index (κ3) is 2.79. The van der Waals surface area contributed by atoms with E-state index in [1.807, 2.05) is 0 Å². The number of anilines is 2. The summed E-state index contributed by atoms with van der Waals surface area (Å²) in [6.07, 6.45) is 4.55. The Morgan fingerprint density at radius 1 is 1.29 bits per heavy atom. The molecule has 2 rings (SSSR count). The number of hydrogen-bond acceptors (Lipinski definition) is 4. The normalized spacial score (nSPS) is 9.94. The molecule has 1 amide bonds. The first-order chi connectivity index (χ1) is 8.16. The zero-order chi connectivity index (χ0) is 12.3. The molecule has 0 atom stereocenters. The van der Waals surface area contributed by atoms with E-state index in [4.69, 9.17) is 5.73 Å². The maximum absolute atomic E-state index is 11.8. The second-order valence-corrected chi connectivity index (χ2v) is 4.19. The molecule has 0 unspecified atom stereocenters. The van der Waals surface area contributed by atoms with Gasteiger partial charge in [0.25, 0.3) is 5.91 Å². The highest BCUT2D eigenvalue weighted by atomic mass is 79.9. The standard InChI is InChI=1S/C11H9BrN4O/c12-7-1-2-10(15-5-7)16-11(17)8-6-14-4-3-9(8)13/h1-6H,(H2,13,14)(H,15,16,17). The Bertz CT molecular complexity index is 541. The molecule has 0 aromatic carbocycles. The van der Waals surface area contributed by atoms with Crippen molar-refractivity contribution in [2.24, 2.45) is 0 Å². The lowest BCUT2D eigenvalue weighted by atomic mass is 10.2. The minimum atomic E-state index is -0.328. The first-order valence-electron chi connectivity index (χ1n) is 4.79. The third-order valence-electron chi connectivity index (χ3n) is 2.07. The van der Waals surface area contributed by atoms with Crippen molar-refractivity contribution in [3.63, 3.8) is 0 Å². The van der Waals surface area contributed by atoms with Crippen LogP contribution in [0.5, 0.6) is 0 Å². The van der Waals surface area contributed by atoms with Crippen molar-refractivity contribution in [1.29, 1.82) is 0 Å². The lowest BCUT2D eigenvalue weighted by Crippen LogP contribution is -2.15. The minimum Gasteiger partial charge on any atom is -0.398 e. The number of nitrogens with one attached hydrogen (secondary N) is 1. The molecule has 0 fully saturated rings. The maximum atomic E-state index is 11.8. The van der Waals surface area contributed by atoms with Gasteiger partial charge in [0.2, 0.25) is 0 Å². The lowest BCUT2D eigenvalue weighted by molar-refractivity contribution is 0.102. The van der Waals surface area contributed by atoms with E-state index in [1.165, 1.54) is 12.4 Å². The Morgan fingerprint density at radius 2 is 2.12 bits per heavy atom. The van der Waals surface area contributed by atoms with Crippen molar-refractivity contribution in [2.75, 3.05) is 11.1 Å². The Labute approximate surface area is 106 Å². The number of aromatic nitrogens is 2. The SMILES string of the molecule is Nc1ccncc1C(=O)Nc1ccc(Br)cn1. The summed E-state index contributed by atoms with van der Waals surface area (Å²) in [6.45, 7) is 0. The van der Waals surface area contributed by atoms with Gasteiger partial charge in [-0.25, -0.2) is 4.98 Å². The zero-order valence-corrected chi connectivity index (χ0v) is 10.3. The number of halogens is 1. The molecule has 2 heterocycles. The number of carbonyl (C=O) groups is 1. The van der Waals surface area contributed by atoms with Gasteiger partial charge in [-0.1, -0.05) is 0 Å². The van der Waals surface area contributed by atoms with Gasteiger partial charge in [0.15, 0.2) is 0 Å². The van der Waals surface area contributed by atoms with Crippen molar-refractivity contribution in [3.05, 3.63) is 46.8 Å². The predicted octanol–water partition coefficient (Wildman–Crippen LogP) is 2.07. The van der Waals surface area contributed by atoms with E-state index >= 15 is 0 Å². The van der Waals surface area contributed by atoms with Crippen LogP contribution in [0.25, 0.3) is 0 Å². The molecule has 0 spiro atoms. The van der Waals surface area contributed by atoms with Crippen LogP contribution >= 0.6 is 15.9 Å². The fourth-order valence-corrected chi connectivity index (χ4v) is 1.46. The second-order valence-electron chi connectivity index (χ2n) is 3.28. The molecule has 0 aliphatic carbocycles. The van der Waals surface area contributed by atoms with E-state index in [2.05, 4.69) is 31.2 Å². The number of hydrogen-bond donors (Lipinski definition) is 2. The molecule has 6 heteroatoms. The topological polar surface area (TPSA) is 80.9 Å². The summed E-state index contributed by atoms with van der Waals surface area (Å²) in [7, 11) is 0. The highest BCUT2D eigenvalue weighted by molar-refractivity contribution is 9.10. The molecule has 5 nitrogen and oxygen atoms in total. The summed E-state index contributed by atoms with van der Waals surface area (Å²) in [5.74, 6) is 0.131. The average Bonchev–Trinajstić information content (AvgIpc) is 2.32. The first-order valence-corrected chi connectivity index (χ1v) is 5.58. The van der Waals surface area contributed by atoms with Gasteiger partial charge in [0, 0.05) is 28.8 Å². The largest absolute Gasteiger partial charge is 0.398 e. The molecule has 2 aromatic rings. The fourth-order valence-electron chi connectivity index (χ4n) is 1.23. The van der Waals surface area contributed by atoms with Gasteiger partial charge < -0.3 is 11.1 Å². The van der Waals surface area contributed by atoms with Crippen molar-refractivity contribution in [3.8, 4) is 0 Å². The second kappa shape index (κ2) is 4.92. The van der Waals surface area contributed by atoms with Gasteiger partial charge in [0.05, 0.1) is 5.56 Å². The number of pyridine rings is 2. The van der Waals surface area contributed by atoms with E-state index in [-0.39, 0.29) is 5.91 Å². The van der Waals surface area contributed by atoms with Crippen molar-refractivity contribution < 1.29 is 4.79 Å². The monoisotopic (exact) mass is 292 g/mol. The molecule has 3 N–H and O–H groups in total. The molecule has 0 radical (unpaired) electrons. The number of rotatable bonds is 2. The van der Waals surface area contributed by atoms with Gasteiger partial charge in [-0.2, -0.15) is 0 Å². The molecule has 2 aromatic heterocycles. The molecule has 0 saturated carbocycles. The van der Waals surface area contributed by atoms with E-state index in [0.717, 1.165) is 4.47 Å². The fraction of sp³-hybridized carbons (Fsp3) is 0. The van der Waals surface area contributed by atoms with Crippen LogP contribution in [0, 0.1) is 0 Å². The van der Waals surface area contributed by atoms with Gasteiger partial charge in [-0.3, -0.25) is 9.78 Å². The Balaban J connectivity index is 2.17. The summed E-state index contributed by atoms with van der Waals surface area (Å²) in [5, 5.41) is 2.64. The van der Waals surface area contributed by atoms with E-state index < -0.39 is 0 Å². The van der Waals surface area contributed by atoms with E-state index in [0.29, 0.717) is 17.1 Å². The highest BCUT2D eigenvalue weighted by Crippen LogP contribution is 2.13. The number of carbonyl (C=O) groups excluding carboxylic acids is 1. The molecule has 0 saturated heterocycles. The van der Waals surface area contributed by atoms with Crippen LogP contribution in [-0.2, 0) is 0 Å². The van der Waals surface area contributed by atoms with Gasteiger partial charge in [0.1, 0.15) is 5.82 Å². The zero-order valence-electron chi connectivity index (χ0n) is 8.72. The Hall–Kier alpha value is -1.95. The number of nitrogens with zero attached hydrogens (tertiary/aromatic N) is 2. The lowest BCUT2D eigenvalue weighted by Gasteiger charge is -2.05. The minimum absolute atomic E-state index is 0.328. The summed E-state index contributed by atoms with van der Waals surface area (Å²) in [4.78, 5) is 19.7. The Kier molecular flexibility index (Phi) is 3.34. The summed E-state index contributed by atoms with van der Waals surface area (Å²) in [6, 6.07) is 5.05. The van der Waals surface area contributed by atoms with Gasteiger partial charge in [-0.15, -0.1) is 0 Å². The quantitative estimate of drug-likeness (QED) is 0.888. The smallest absolute Gasteiger partial charge is 0.260 e. The average molecular weight is 293 g/mol. The van der Waals surface area contributed by atoms with Crippen LogP contribution in [0.2, 0.25) is 0 Å². The Morgan fingerprint density at radius 3 is 2.76 bits per heavy atom. The van der Waals surface area contributed by atoms with Crippen LogP contribution in [0.1, 0.15) is 10.4 Å². The van der Waals surface area contributed by atoms with Crippen molar-refractivity contribution >= 4 is 33.3 Å². The highest BCUT2D eigenvalue weighted by Gasteiger charge is 2.10. The van der Waals surface area contributed by atoms with Crippen LogP contribution in [-0.4, -0.2) is 15.9 Å². The van der Waals surface area contributed by atoms with Crippen LogP contribution in [0.15, 0.2) is 41.3 Å².